The van der Waals surface area contributed by atoms with E-state index in [1.165, 1.54) is 0 Å². The number of likely N-dealkylation sites (tertiary alicyclic amines) is 1. The fraction of sp³-hybridized carbons (Fsp3) is 0.667. The summed E-state index contributed by atoms with van der Waals surface area (Å²) in [5.74, 6) is -0.462. The Morgan fingerprint density at radius 3 is 2.42 bits per heavy atom. The molecule has 2 N–H and O–H groups in total. The number of nitrogens with one attached hydrogen (secondary N) is 2. The van der Waals surface area contributed by atoms with Gasteiger partial charge in [-0.05, 0) is 44.3 Å². The molecular weight excluding hydrogens is 368 g/mol. The smallest absolute Gasteiger partial charge is 0.262 e. The fourth-order valence-corrected chi connectivity index (χ4v) is 6.34. The number of carbonyl (C=O) groups excluding carboxylic acids is 2. The molecule has 3 heterocycles. The van der Waals surface area contributed by atoms with Crippen molar-refractivity contribution in [1.29, 1.82) is 5.26 Å². The number of amides is 2. The third-order valence-corrected chi connectivity index (χ3v) is 7.83. The van der Waals surface area contributed by atoms with Crippen molar-refractivity contribution in [3.8, 4) is 6.07 Å². The molecule has 0 bridgehead atoms. The van der Waals surface area contributed by atoms with Gasteiger partial charge in [-0.2, -0.15) is 5.26 Å². The number of nitriles is 1. The van der Waals surface area contributed by atoms with Gasteiger partial charge in [0.05, 0.1) is 17.4 Å². The predicted octanol–water partition coefficient (Wildman–Crippen LogP) is 1.78. The third kappa shape index (κ3) is 3.28. The molecule has 0 aromatic carbocycles. The van der Waals surface area contributed by atoms with Gasteiger partial charge in [-0.3, -0.25) is 25.1 Å². The average Bonchev–Trinajstić information content (AvgIpc) is 2.99. The van der Waals surface area contributed by atoms with Crippen LogP contribution in [0.2, 0.25) is 0 Å². The van der Waals surface area contributed by atoms with Crippen molar-refractivity contribution in [2.24, 2.45) is 17.8 Å². The molecule has 8 heteroatoms. The molecule has 0 spiro atoms. The Morgan fingerprint density at radius 1 is 1.23 bits per heavy atom. The van der Waals surface area contributed by atoms with E-state index < -0.39 is 11.8 Å². The van der Waals surface area contributed by atoms with Crippen molar-refractivity contribution in [1.82, 2.24) is 15.5 Å². The molecule has 3 rings (SSSR count). The van der Waals surface area contributed by atoms with Crippen LogP contribution < -0.4 is 10.6 Å². The van der Waals surface area contributed by atoms with Crippen LogP contribution in [0.3, 0.4) is 0 Å². The molecule has 26 heavy (non-hydrogen) atoms. The van der Waals surface area contributed by atoms with Gasteiger partial charge in [0, 0.05) is 17.3 Å². The summed E-state index contributed by atoms with van der Waals surface area (Å²) in [7, 11) is 0. The van der Waals surface area contributed by atoms with E-state index in [2.05, 4.69) is 49.3 Å². The van der Waals surface area contributed by atoms with Gasteiger partial charge in [0.25, 0.3) is 11.8 Å². The molecule has 0 aromatic heterocycles. The van der Waals surface area contributed by atoms with Crippen LogP contribution >= 0.6 is 24.0 Å². The number of carbonyl (C=O) groups is 2. The first-order chi connectivity index (χ1) is 12.2. The molecular formula is C18H24N4O2S2. The molecule has 0 saturated carbocycles. The molecule has 2 amide bonds. The summed E-state index contributed by atoms with van der Waals surface area (Å²) >= 11 is 6.71. The normalized spacial score (nSPS) is 41.0. The van der Waals surface area contributed by atoms with Crippen molar-refractivity contribution >= 4 is 40.9 Å². The van der Waals surface area contributed by atoms with Gasteiger partial charge in [0.15, 0.2) is 5.11 Å². The summed E-state index contributed by atoms with van der Waals surface area (Å²) in [6.07, 6.45) is 2.63. The second kappa shape index (κ2) is 7.29. The summed E-state index contributed by atoms with van der Waals surface area (Å²) in [5, 5.41) is 15.3. The van der Waals surface area contributed by atoms with Crippen LogP contribution in [0.4, 0.5) is 0 Å². The molecule has 0 aromatic rings. The quantitative estimate of drug-likeness (QED) is 0.423. The maximum Gasteiger partial charge on any atom is 0.262 e. The summed E-state index contributed by atoms with van der Waals surface area (Å²) in [6.45, 7) is 8.62. The average molecular weight is 393 g/mol. The van der Waals surface area contributed by atoms with E-state index in [-0.39, 0.29) is 40.0 Å². The zero-order valence-electron chi connectivity index (χ0n) is 15.4. The highest BCUT2D eigenvalue weighted by Gasteiger charge is 2.49. The monoisotopic (exact) mass is 392 g/mol. The van der Waals surface area contributed by atoms with Gasteiger partial charge in [0.2, 0.25) is 0 Å². The number of nitrogens with zero attached hydrogens (tertiary/aromatic N) is 2. The minimum Gasteiger partial charge on any atom is -0.299 e. The first kappa shape index (κ1) is 19.3. The zero-order chi connectivity index (χ0) is 19.2. The molecule has 6 nitrogen and oxygen atoms in total. The van der Waals surface area contributed by atoms with Crippen molar-refractivity contribution in [2.45, 2.75) is 56.8 Å². The third-order valence-electron chi connectivity index (χ3n) is 5.95. The minimum atomic E-state index is -0.440. The lowest BCUT2D eigenvalue weighted by atomic mass is 9.92. The predicted molar refractivity (Wildman–Crippen MR) is 105 cm³/mol. The van der Waals surface area contributed by atoms with E-state index in [4.69, 9.17) is 12.2 Å². The van der Waals surface area contributed by atoms with E-state index in [1.54, 1.807) is 6.08 Å². The van der Waals surface area contributed by atoms with E-state index in [1.807, 2.05) is 11.8 Å². The van der Waals surface area contributed by atoms with Crippen molar-refractivity contribution < 1.29 is 9.59 Å². The van der Waals surface area contributed by atoms with Gasteiger partial charge in [0.1, 0.15) is 5.57 Å². The van der Waals surface area contributed by atoms with Gasteiger partial charge >= 0.3 is 0 Å². The SMILES string of the molecule is CC1SC(N2C(C)CC(C=C3C(=O)NC(=S)NC3=O)C2C)C(C#N)C1C. The van der Waals surface area contributed by atoms with Crippen molar-refractivity contribution in [3.05, 3.63) is 11.6 Å². The molecule has 7 unspecified atom stereocenters. The second-order valence-electron chi connectivity index (χ2n) is 7.50. The van der Waals surface area contributed by atoms with Gasteiger partial charge in [-0.1, -0.05) is 19.9 Å². The van der Waals surface area contributed by atoms with E-state index in [0.717, 1.165) is 6.42 Å². The van der Waals surface area contributed by atoms with Crippen molar-refractivity contribution in [3.63, 3.8) is 0 Å². The first-order valence-corrected chi connectivity index (χ1v) is 10.3. The first-order valence-electron chi connectivity index (χ1n) is 8.95. The summed E-state index contributed by atoms with van der Waals surface area (Å²) in [6, 6.07) is 2.94. The Labute approximate surface area is 163 Å². The summed E-state index contributed by atoms with van der Waals surface area (Å²) in [4.78, 5) is 26.7. The number of hydrogen-bond acceptors (Lipinski definition) is 6. The second-order valence-corrected chi connectivity index (χ2v) is 9.41. The van der Waals surface area contributed by atoms with Crippen LogP contribution in [0.15, 0.2) is 11.6 Å². The summed E-state index contributed by atoms with van der Waals surface area (Å²) < 4.78 is 0. The molecule has 7 atom stereocenters. The fourth-order valence-electron chi connectivity index (χ4n) is 4.28. The lowest BCUT2D eigenvalue weighted by Crippen LogP contribution is -2.51. The van der Waals surface area contributed by atoms with Crippen LogP contribution in [0.25, 0.3) is 0 Å². The highest BCUT2D eigenvalue weighted by atomic mass is 32.2. The van der Waals surface area contributed by atoms with Crippen LogP contribution in [-0.2, 0) is 9.59 Å². The Bertz CT molecular complexity index is 694. The highest BCUT2D eigenvalue weighted by Crippen LogP contribution is 2.48. The molecule has 3 aliphatic rings. The number of hydrogen-bond donors (Lipinski definition) is 2. The van der Waals surface area contributed by atoms with Crippen LogP contribution in [-0.4, -0.2) is 44.5 Å². The van der Waals surface area contributed by atoms with Crippen LogP contribution in [0.5, 0.6) is 0 Å². The van der Waals surface area contributed by atoms with E-state index in [0.29, 0.717) is 11.2 Å². The maximum absolute atomic E-state index is 12.1. The molecule has 140 valence electrons. The lowest BCUT2D eigenvalue weighted by Gasteiger charge is -2.34. The van der Waals surface area contributed by atoms with Crippen LogP contribution in [0, 0.1) is 29.1 Å². The Morgan fingerprint density at radius 2 is 1.85 bits per heavy atom. The largest absolute Gasteiger partial charge is 0.299 e. The number of thioether (sulfide) groups is 1. The molecule has 0 radical (unpaired) electrons. The van der Waals surface area contributed by atoms with Crippen LogP contribution in [0.1, 0.15) is 34.1 Å². The Kier molecular flexibility index (Phi) is 5.42. The summed E-state index contributed by atoms with van der Waals surface area (Å²) in [5.41, 5.74) is 0.127. The lowest BCUT2D eigenvalue weighted by molar-refractivity contribution is -0.123. The Balaban J connectivity index is 1.82. The molecule has 3 saturated heterocycles. The maximum atomic E-state index is 12.1. The standard InChI is InChI=1S/C18H24N4O2S2/c1-8-5-12(6-13-15(23)20-18(25)21-16(13)24)10(3)22(8)17-14(7-19)9(2)11(4)26-17/h6,8-12,14,17H,5H2,1-4H3,(H2,20,21,23,24,25). The van der Waals surface area contributed by atoms with Crippen molar-refractivity contribution in [2.75, 3.05) is 0 Å². The topological polar surface area (TPSA) is 85.2 Å². The zero-order valence-corrected chi connectivity index (χ0v) is 17.0. The van der Waals surface area contributed by atoms with Gasteiger partial charge < -0.3 is 0 Å². The number of rotatable bonds is 2. The number of thiocarbonyl (C=S) groups is 1. The van der Waals surface area contributed by atoms with Gasteiger partial charge in [-0.15, -0.1) is 11.8 Å². The van der Waals surface area contributed by atoms with E-state index >= 15 is 0 Å². The molecule has 3 fully saturated rings. The van der Waals surface area contributed by atoms with E-state index in [9.17, 15) is 14.9 Å². The molecule has 0 aliphatic carbocycles. The van der Waals surface area contributed by atoms with Gasteiger partial charge in [-0.25, -0.2) is 0 Å². The minimum absolute atomic E-state index is 0.00930. The molecule has 3 aliphatic heterocycles. The highest BCUT2D eigenvalue weighted by molar-refractivity contribution is 8.00. The Hall–Kier alpha value is -1.43.